The Morgan fingerprint density at radius 3 is 0.636 bits per heavy atom. The van der Waals surface area contributed by atoms with Crippen molar-refractivity contribution in [1.82, 2.24) is 0 Å². The number of alkyl halides is 7. The van der Waals surface area contributed by atoms with Gasteiger partial charge in [-0.15, -0.1) is 0 Å². The van der Waals surface area contributed by atoms with E-state index in [1.54, 1.807) is 55.4 Å². The molecular formula is C70H149F7. The first kappa shape index (κ1) is 92.9. The normalized spacial score (nSPS) is 16.2. The fraction of sp³-hybridized carbons (Fsp3) is 1.00. The fourth-order valence-corrected chi connectivity index (χ4v) is 10.3. The van der Waals surface area contributed by atoms with Crippen LogP contribution in [0.15, 0.2) is 0 Å². The Hall–Kier alpha value is -0.490. The summed E-state index contributed by atoms with van der Waals surface area (Å²) in [6, 6.07) is 0. The largest absolute Gasteiger partial charge is 0.244 e. The van der Waals surface area contributed by atoms with Crippen molar-refractivity contribution in [2.75, 3.05) is 0 Å². The van der Waals surface area contributed by atoms with Crippen molar-refractivity contribution in [3.63, 3.8) is 0 Å². The molecule has 5 unspecified atom stereocenters. The number of hydrogen-bond acceptors (Lipinski definition) is 0. The fourth-order valence-electron chi connectivity index (χ4n) is 10.3. The quantitative estimate of drug-likeness (QED) is 0.0845. The topological polar surface area (TPSA) is 0 Å². The highest BCUT2D eigenvalue weighted by Gasteiger charge is 2.41. The molecule has 0 bridgehead atoms. The van der Waals surface area contributed by atoms with Crippen molar-refractivity contribution in [3.8, 4) is 0 Å². The molecular weight excluding hydrogens is 974 g/mol. The van der Waals surface area contributed by atoms with Crippen molar-refractivity contribution in [3.05, 3.63) is 0 Å². The summed E-state index contributed by atoms with van der Waals surface area (Å²) < 4.78 is 93.2. The Morgan fingerprint density at radius 1 is 0.299 bits per heavy atom. The second-order valence-electron chi connectivity index (χ2n) is 28.1. The van der Waals surface area contributed by atoms with Crippen LogP contribution in [0, 0.1) is 63.6 Å². The van der Waals surface area contributed by atoms with Gasteiger partial charge in [-0.2, -0.15) is 0 Å². The number of hydrogen-bond donors (Lipinski definition) is 0. The van der Waals surface area contributed by atoms with Crippen LogP contribution in [0.2, 0.25) is 0 Å². The lowest BCUT2D eigenvalue weighted by Crippen LogP contribution is -2.38. The predicted molar refractivity (Wildman–Crippen MR) is 341 cm³/mol. The van der Waals surface area contributed by atoms with Gasteiger partial charge in [-0.05, 0) is 178 Å². The van der Waals surface area contributed by atoms with E-state index in [4.69, 9.17) is 0 Å². The first-order valence-corrected chi connectivity index (χ1v) is 32.0. The minimum absolute atomic E-state index is 0.137. The van der Waals surface area contributed by atoms with E-state index in [-0.39, 0.29) is 29.1 Å². The van der Waals surface area contributed by atoms with E-state index in [0.29, 0.717) is 85.9 Å². The Morgan fingerprint density at radius 2 is 0.584 bits per heavy atom. The summed E-state index contributed by atoms with van der Waals surface area (Å²) in [5.74, 6) is 2.46. The van der Waals surface area contributed by atoms with Crippen molar-refractivity contribution < 1.29 is 30.7 Å². The molecule has 5 atom stereocenters. The lowest BCUT2D eigenvalue weighted by atomic mass is 9.65. The van der Waals surface area contributed by atoms with Gasteiger partial charge in [0.25, 0.3) is 0 Å². The van der Waals surface area contributed by atoms with Gasteiger partial charge in [-0.1, -0.05) is 233 Å². The van der Waals surface area contributed by atoms with Crippen LogP contribution in [-0.2, 0) is 0 Å². The molecule has 0 heterocycles. The Labute approximate surface area is 484 Å². The first-order valence-electron chi connectivity index (χ1n) is 32.0. The lowest BCUT2D eigenvalue weighted by molar-refractivity contribution is 0.00941. The van der Waals surface area contributed by atoms with E-state index in [2.05, 4.69) is 125 Å². The van der Waals surface area contributed by atoms with E-state index in [1.165, 1.54) is 12.8 Å². The Bertz CT molecular complexity index is 1250. The molecule has 0 saturated heterocycles. The van der Waals surface area contributed by atoms with E-state index in [1.807, 2.05) is 76.2 Å². The van der Waals surface area contributed by atoms with Crippen molar-refractivity contribution >= 4 is 0 Å². The van der Waals surface area contributed by atoms with Gasteiger partial charge >= 0.3 is 0 Å². The lowest BCUT2D eigenvalue weighted by Gasteiger charge is -2.40. The zero-order valence-corrected chi connectivity index (χ0v) is 59.9. The second kappa shape index (κ2) is 43.2. The van der Waals surface area contributed by atoms with Crippen LogP contribution in [0.5, 0.6) is 0 Å². The summed E-state index contributed by atoms with van der Waals surface area (Å²) >= 11 is 0. The molecule has 0 fully saturated rings. The minimum Gasteiger partial charge on any atom is -0.244 e. The van der Waals surface area contributed by atoms with Gasteiger partial charge in [0.2, 0.25) is 0 Å². The highest BCUT2D eigenvalue weighted by molar-refractivity contribution is 4.91. The van der Waals surface area contributed by atoms with Crippen molar-refractivity contribution in [1.29, 1.82) is 0 Å². The van der Waals surface area contributed by atoms with E-state index >= 15 is 0 Å². The molecule has 0 amide bonds. The molecule has 0 aromatic heterocycles. The number of halogens is 7. The minimum atomic E-state index is -1.04. The molecule has 0 spiro atoms. The molecule has 0 rings (SSSR count). The molecule has 0 radical (unpaired) electrons. The summed E-state index contributed by atoms with van der Waals surface area (Å²) in [5, 5.41) is 0. The molecule has 0 N–H and O–H groups in total. The zero-order chi connectivity index (χ0) is 64.2. The zero-order valence-electron chi connectivity index (χ0n) is 59.9. The van der Waals surface area contributed by atoms with Gasteiger partial charge in [-0.25, -0.2) is 30.7 Å². The van der Waals surface area contributed by atoms with E-state index in [0.717, 1.165) is 32.1 Å². The van der Waals surface area contributed by atoms with Crippen LogP contribution in [-0.4, -0.2) is 39.7 Å². The molecule has 0 saturated carbocycles. The maximum absolute atomic E-state index is 14.0. The molecule has 0 aliphatic carbocycles. The van der Waals surface area contributed by atoms with Crippen LogP contribution >= 0.6 is 0 Å². The third-order valence-corrected chi connectivity index (χ3v) is 19.3. The standard InChI is InChI=1S/C11H23F.2C10H21F.C10H22.C9H19F.2C7H15F.C6H13F/c1-7-11(6,12)10(8(2)3)9(4)5;1-7(2)9(8(3)4)10(5,6)11;1-6-9(4,7-2)10(5,11)8-3;1-7-10(6,8-2)9(3,4)5;1-5-8(6-2)9(4,10)7-3;1-5-7(4,8)6(2)3;1-4-6-7(3,8)5-2;1-4-6(3,7)5-2/h8-10H,7H2,1-6H3;7-9H,1-6H3;6-8H2,1-5H3;7-8H2,1-6H3;8H,5-7H2,1-4H3;6H,5H2,1-4H3;4-6H2,1-3H3;4-5H2,1-3H3. The molecule has 0 aliphatic rings. The highest BCUT2D eigenvalue weighted by atomic mass is 19.2. The van der Waals surface area contributed by atoms with Gasteiger partial charge in [0.05, 0.1) is 0 Å². The molecule has 0 aromatic rings. The smallest absolute Gasteiger partial charge is 0.113 e. The molecule has 77 heavy (non-hydrogen) atoms. The molecule has 0 aliphatic heterocycles. The number of rotatable bonds is 24. The summed E-state index contributed by atoms with van der Waals surface area (Å²) in [5.41, 5.74) is -5.93. The van der Waals surface area contributed by atoms with Crippen LogP contribution in [0.4, 0.5) is 30.7 Å². The van der Waals surface area contributed by atoms with Crippen LogP contribution in [0.25, 0.3) is 0 Å². The predicted octanol–water partition coefficient (Wildman–Crippen LogP) is 27.3. The van der Waals surface area contributed by atoms with Crippen LogP contribution < -0.4 is 0 Å². The van der Waals surface area contributed by atoms with Gasteiger partial charge < -0.3 is 0 Å². The van der Waals surface area contributed by atoms with Gasteiger partial charge in [0, 0.05) is 5.41 Å². The average molecular weight is 1120 g/mol. The van der Waals surface area contributed by atoms with Crippen molar-refractivity contribution in [2.45, 2.75) is 392 Å². The molecule has 0 aromatic carbocycles. The first-order chi connectivity index (χ1) is 34.2. The Kier molecular flexibility index (Phi) is 52.1. The van der Waals surface area contributed by atoms with Gasteiger partial charge in [0.15, 0.2) is 0 Å². The Balaban J connectivity index is -0.000000118. The maximum Gasteiger partial charge on any atom is 0.113 e. The van der Waals surface area contributed by atoms with E-state index in [9.17, 15) is 30.7 Å². The highest BCUT2D eigenvalue weighted by Crippen LogP contribution is 2.44. The third kappa shape index (κ3) is 42.0. The van der Waals surface area contributed by atoms with Gasteiger partial charge in [0.1, 0.15) is 39.7 Å². The average Bonchev–Trinajstić information content (AvgIpc) is 3.31. The monoisotopic (exact) mass is 1120 g/mol. The SMILES string of the molecule is CC(C)C(C(C)C)C(C)(C)F.CCC(C)(CC)C(C)(C)C.CCC(C)(F)C(C(C)C)C(C)C.CCC(C)(F)C(C)(CC)CC.CCC(C)(F)C(C)C.CCC(C)(F)CC.CCC(CC)C(C)(F)CC.CCCC(C)(F)CC. The second-order valence-corrected chi connectivity index (χ2v) is 28.1. The maximum atomic E-state index is 14.0. The van der Waals surface area contributed by atoms with E-state index < -0.39 is 39.7 Å². The van der Waals surface area contributed by atoms with Crippen LogP contribution in [0.3, 0.4) is 0 Å². The van der Waals surface area contributed by atoms with Gasteiger partial charge in [-0.3, -0.25) is 0 Å². The molecule has 0 nitrogen and oxygen atoms in total. The third-order valence-electron chi connectivity index (χ3n) is 19.3. The molecule has 7 heteroatoms. The summed E-state index contributed by atoms with van der Waals surface area (Å²) in [6.07, 6.45) is 12.4. The summed E-state index contributed by atoms with van der Waals surface area (Å²) in [4.78, 5) is 0. The summed E-state index contributed by atoms with van der Waals surface area (Å²) in [6.45, 7) is 73.6. The van der Waals surface area contributed by atoms with Crippen LogP contribution in [0.1, 0.15) is 352 Å². The van der Waals surface area contributed by atoms with Crippen molar-refractivity contribution in [2.24, 2.45) is 63.6 Å². The molecule has 478 valence electrons. The summed E-state index contributed by atoms with van der Waals surface area (Å²) in [7, 11) is 0.